The minimum absolute atomic E-state index is 0.00258. The molecule has 6 heteroatoms. The van der Waals surface area contributed by atoms with Crippen molar-refractivity contribution < 1.29 is 19.1 Å². The summed E-state index contributed by atoms with van der Waals surface area (Å²) in [4.78, 5) is 25.7. The Balaban J connectivity index is 1.39. The van der Waals surface area contributed by atoms with Crippen LogP contribution in [0.2, 0.25) is 0 Å². The van der Waals surface area contributed by atoms with Crippen LogP contribution in [-0.4, -0.2) is 30.3 Å². The lowest BCUT2D eigenvalue weighted by molar-refractivity contribution is -0.125. The lowest BCUT2D eigenvalue weighted by Crippen LogP contribution is -2.52. The summed E-state index contributed by atoms with van der Waals surface area (Å²) >= 11 is 0. The van der Waals surface area contributed by atoms with Crippen molar-refractivity contribution in [3.63, 3.8) is 0 Å². The van der Waals surface area contributed by atoms with E-state index in [1.165, 1.54) is 51.0 Å². The molecule has 1 saturated carbocycles. The number of hydrogen-bond acceptors (Lipinski definition) is 5. The number of hydrogen-bond donors (Lipinski definition) is 2. The maximum absolute atomic E-state index is 13.5. The summed E-state index contributed by atoms with van der Waals surface area (Å²) < 4.78 is 11.4. The molecule has 0 radical (unpaired) electrons. The van der Waals surface area contributed by atoms with Crippen LogP contribution in [0.15, 0.2) is 26.4 Å². The van der Waals surface area contributed by atoms with Crippen LogP contribution in [0, 0.1) is 18.8 Å². The molecule has 174 valence electrons. The van der Waals surface area contributed by atoms with Gasteiger partial charge in [0.25, 0.3) is 0 Å². The quantitative estimate of drug-likeness (QED) is 0.682. The summed E-state index contributed by atoms with van der Waals surface area (Å²) in [7, 11) is 0. The molecule has 3 atom stereocenters. The van der Waals surface area contributed by atoms with Gasteiger partial charge in [0.2, 0.25) is 17.1 Å². The van der Waals surface area contributed by atoms with Crippen molar-refractivity contribution in [2.24, 2.45) is 11.8 Å². The SMILES string of the molecule is Cc1cc(=O)c(O)c(C2(CC(=O)NC3C4CCCC3C3=C(CCCC3)C4)CCOCC2)o1. The van der Waals surface area contributed by atoms with Crippen molar-refractivity contribution in [3.8, 4) is 5.75 Å². The number of nitrogens with one attached hydrogen (secondary N) is 1. The summed E-state index contributed by atoms with van der Waals surface area (Å²) in [6.07, 6.45) is 11.1. The van der Waals surface area contributed by atoms with E-state index in [0.717, 1.165) is 6.42 Å². The second kappa shape index (κ2) is 8.69. The van der Waals surface area contributed by atoms with Gasteiger partial charge in [0.15, 0.2) is 5.76 Å². The van der Waals surface area contributed by atoms with Crippen LogP contribution in [0.25, 0.3) is 0 Å². The van der Waals surface area contributed by atoms with Crippen molar-refractivity contribution in [2.45, 2.75) is 89.0 Å². The highest BCUT2D eigenvalue weighted by Crippen LogP contribution is 2.48. The molecule has 3 aliphatic carbocycles. The second-order valence-electron chi connectivity index (χ2n) is 10.4. The fraction of sp³-hybridized carbons (Fsp3) is 0.692. The molecule has 2 N–H and O–H groups in total. The van der Waals surface area contributed by atoms with E-state index in [-0.39, 0.29) is 29.9 Å². The molecule has 0 spiro atoms. The Morgan fingerprint density at radius 2 is 1.97 bits per heavy atom. The Morgan fingerprint density at radius 3 is 2.78 bits per heavy atom. The fourth-order valence-corrected chi connectivity index (χ4v) is 6.87. The monoisotopic (exact) mass is 441 g/mol. The molecule has 6 nitrogen and oxygen atoms in total. The molecular formula is C26H35NO5. The Labute approximate surface area is 189 Å². The molecule has 2 bridgehead atoms. The van der Waals surface area contributed by atoms with Gasteiger partial charge in [-0.25, -0.2) is 0 Å². The highest BCUT2D eigenvalue weighted by Gasteiger charge is 2.45. The van der Waals surface area contributed by atoms with Crippen LogP contribution >= 0.6 is 0 Å². The average Bonchev–Trinajstić information content (AvgIpc) is 2.77. The zero-order valence-corrected chi connectivity index (χ0v) is 19.1. The van der Waals surface area contributed by atoms with E-state index in [2.05, 4.69) is 5.32 Å². The third-order valence-corrected chi connectivity index (χ3v) is 8.42. The molecular weight excluding hydrogens is 406 g/mol. The summed E-state index contributed by atoms with van der Waals surface area (Å²) in [5.41, 5.74) is 2.16. The predicted molar refractivity (Wildman–Crippen MR) is 121 cm³/mol. The van der Waals surface area contributed by atoms with Gasteiger partial charge in [-0.05, 0) is 70.6 Å². The number of aryl methyl sites for hydroxylation is 1. The molecule has 32 heavy (non-hydrogen) atoms. The van der Waals surface area contributed by atoms with Gasteiger partial charge in [0.05, 0.1) is 0 Å². The molecule has 1 amide bonds. The van der Waals surface area contributed by atoms with Crippen molar-refractivity contribution in [1.29, 1.82) is 0 Å². The molecule has 2 heterocycles. The van der Waals surface area contributed by atoms with Gasteiger partial charge < -0.3 is 19.6 Å². The topological polar surface area (TPSA) is 88.8 Å². The predicted octanol–water partition coefficient (Wildman–Crippen LogP) is 4.27. The summed E-state index contributed by atoms with van der Waals surface area (Å²) in [5.74, 6) is 1.35. The highest BCUT2D eigenvalue weighted by molar-refractivity contribution is 5.78. The molecule has 1 aromatic heterocycles. The number of ether oxygens (including phenoxy) is 1. The molecule has 1 aliphatic heterocycles. The van der Waals surface area contributed by atoms with Crippen LogP contribution < -0.4 is 10.7 Å². The first kappa shape index (κ1) is 21.7. The van der Waals surface area contributed by atoms with Crippen LogP contribution in [-0.2, 0) is 14.9 Å². The van der Waals surface area contributed by atoms with Crippen LogP contribution in [0.4, 0.5) is 0 Å². The summed E-state index contributed by atoms with van der Waals surface area (Å²) in [6.45, 7) is 2.67. The van der Waals surface area contributed by atoms with Crippen molar-refractivity contribution >= 4 is 5.91 Å². The van der Waals surface area contributed by atoms with E-state index in [1.54, 1.807) is 18.1 Å². The van der Waals surface area contributed by atoms with Gasteiger partial charge in [0.1, 0.15) is 5.76 Å². The van der Waals surface area contributed by atoms with Gasteiger partial charge in [-0.1, -0.05) is 17.6 Å². The van der Waals surface area contributed by atoms with E-state index in [9.17, 15) is 14.7 Å². The third kappa shape index (κ3) is 3.91. The molecule has 2 fully saturated rings. The van der Waals surface area contributed by atoms with E-state index in [4.69, 9.17) is 9.15 Å². The molecule has 1 aromatic rings. The average molecular weight is 442 g/mol. The van der Waals surface area contributed by atoms with Gasteiger partial charge >= 0.3 is 0 Å². The number of fused-ring (bicyclic) bond motifs is 3. The Kier molecular flexibility index (Phi) is 5.91. The van der Waals surface area contributed by atoms with Gasteiger partial charge in [-0.3, -0.25) is 9.59 Å². The number of rotatable bonds is 4. The standard InChI is InChI=1S/C26H35NO5/c1-16-13-21(28)24(30)25(32-16)26(9-11-31-12-10-26)15-22(29)27-23-18-6-4-8-20(23)19-7-3-2-5-17(19)14-18/h13,18,20,23,30H,2-12,14-15H2,1H3,(H,27,29). The van der Waals surface area contributed by atoms with Crippen LogP contribution in [0.3, 0.4) is 0 Å². The van der Waals surface area contributed by atoms with Crippen molar-refractivity contribution in [3.05, 3.63) is 39.0 Å². The first-order chi connectivity index (χ1) is 15.5. The largest absolute Gasteiger partial charge is 0.502 e. The van der Waals surface area contributed by atoms with Crippen molar-refractivity contribution in [2.75, 3.05) is 13.2 Å². The molecule has 3 unspecified atom stereocenters. The maximum atomic E-state index is 13.5. The van der Waals surface area contributed by atoms with E-state index in [0.29, 0.717) is 43.7 Å². The number of allylic oxidation sites excluding steroid dienone is 1. The fourth-order valence-electron chi connectivity index (χ4n) is 6.87. The van der Waals surface area contributed by atoms with E-state index >= 15 is 0 Å². The van der Waals surface area contributed by atoms with E-state index < -0.39 is 10.8 Å². The van der Waals surface area contributed by atoms with E-state index in [1.807, 2.05) is 0 Å². The summed E-state index contributed by atoms with van der Waals surface area (Å²) in [5, 5.41) is 14.0. The number of carbonyl (C=O) groups is 1. The summed E-state index contributed by atoms with van der Waals surface area (Å²) in [6, 6.07) is 1.51. The minimum atomic E-state index is -0.712. The highest BCUT2D eigenvalue weighted by atomic mass is 16.5. The lowest BCUT2D eigenvalue weighted by atomic mass is 9.63. The van der Waals surface area contributed by atoms with Crippen LogP contribution in [0.5, 0.6) is 5.75 Å². The molecule has 4 aliphatic rings. The lowest BCUT2D eigenvalue weighted by Gasteiger charge is -2.47. The Morgan fingerprint density at radius 1 is 1.19 bits per heavy atom. The van der Waals surface area contributed by atoms with Crippen LogP contribution in [0.1, 0.15) is 82.1 Å². The molecule has 5 rings (SSSR count). The molecule has 0 aromatic carbocycles. The second-order valence-corrected chi connectivity index (χ2v) is 10.4. The van der Waals surface area contributed by atoms with Gasteiger partial charge in [-0.2, -0.15) is 0 Å². The van der Waals surface area contributed by atoms with Gasteiger partial charge in [0, 0.05) is 43.1 Å². The maximum Gasteiger partial charge on any atom is 0.227 e. The third-order valence-electron chi connectivity index (χ3n) is 8.42. The Hall–Kier alpha value is -2.08. The number of carbonyl (C=O) groups excluding carboxylic acids is 1. The number of aromatic hydroxyl groups is 1. The minimum Gasteiger partial charge on any atom is -0.502 e. The van der Waals surface area contributed by atoms with Gasteiger partial charge in [-0.15, -0.1) is 0 Å². The van der Waals surface area contributed by atoms with Crippen molar-refractivity contribution in [1.82, 2.24) is 5.32 Å². The molecule has 1 saturated heterocycles. The normalized spacial score (nSPS) is 29.3. The Bertz CT molecular complexity index is 971. The first-order valence-corrected chi connectivity index (χ1v) is 12.4. The zero-order chi connectivity index (χ0) is 22.3. The first-order valence-electron chi connectivity index (χ1n) is 12.4. The number of amides is 1. The zero-order valence-electron chi connectivity index (χ0n) is 19.1. The smallest absolute Gasteiger partial charge is 0.227 e.